The first-order valence-corrected chi connectivity index (χ1v) is 30.6. The Balaban J connectivity index is 3.52. The molecule has 3 heteroatoms. The maximum atomic E-state index is 12.3. The first-order chi connectivity index (χ1) is 31.1. The number of hydrogen-bond donors (Lipinski definition) is 0. The van der Waals surface area contributed by atoms with Crippen molar-refractivity contribution in [1.29, 1.82) is 0 Å². The summed E-state index contributed by atoms with van der Waals surface area (Å²) in [6.45, 7) is 9.31. The van der Waals surface area contributed by atoms with Gasteiger partial charge in [0.1, 0.15) is 0 Å². The van der Waals surface area contributed by atoms with E-state index >= 15 is 0 Å². The smallest absolute Gasteiger partial charge is 0.196 e. The Morgan fingerprint density at radius 1 is 0.238 bits per heavy atom. The molecule has 63 heavy (non-hydrogen) atoms. The lowest BCUT2D eigenvalue weighted by Crippen LogP contribution is -2.01. The second-order valence-corrected chi connectivity index (χ2v) is 22.1. The fraction of sp³-hybridized carbons (Fsp3) is 0.967. The van der Waals surface area contributed by atoms with E-state index in [2.05, 4.69) is 27.7 Å². The monoisotopic (exact) mass is 903 g/mol. The molecule has 2 nitrogen and oxygen atoms in total. The van der Waals surface area contributed by atoms with Crippen molar-refractivity contribution in [3.63, 3.8) is 0 Å². The van der Waals surface area contributed by atoms with Crippen molar-refractivity contribution in [2.75, 3.05) is 0 Å². The Bertz CT molecular complexity index is 791. The van der Waals surface area contributed by atoms with Crippen LogP contribution in [0.5, 0.6) is 0 Å². The van der Waals surface area contributed by atoms with Gasteiger partial charge in [0.05, 0.1) is 0 Å². The fourth-order valence-corrected chi connectivity index (χ4v) is 10.9. The average Bonchev–Trinajstić information content (AvgIpc) is 3.28. The molecule has 0 aromatic heterocycles. The van der Waals surface area contributed by atoms with Gasteiger partial charge in [0.2, 0.25) is 0 Å². The molecule has 0 fully saturated rings. The van der Waals surface area contributed by atoms with Crippen molar-refractivity contribution in [2.45, 2.75) is 362 Å². The lowest BCUT2D eigenvalue weighted by atomic mass is 9.89. The van der Waals surface area contributed by atoms with Gasteiger partial charge in [0.25, 0.3) is 0 Å². The quantitative estimate of drug-likeness (QED) is 0.0571. The van der Waals surface area contributed by atoms with Crippen LogP contribution in [0.1, 0.15) is 362 Å². The summed E-state index contributed by atoms with van der Waals surface area (Å²) < 4.78 is 0. The van der Waals surface area contributed by atoms with E-state index in [0.29, 0.717) is 12.8 Å². The molecule has 0 unspecified atom stereocenters. The summed E-state index contributed by atoms with van der Waals surface area (Å²) in [7, 11) is 0. The average molecular weight is 904 g/mol. The normalized spacial score (nSPS) is 11.8. The van der Waals surface area contributed by atoms with E-state index in [1.807, 2.05) is 0 Å². The van der Waals surface area contributed by atoms with E-state index in [4.69, 9.17) is 0 Å². The van der Waals surface area contributed by atoms with Gasteiger partial charge in [0, 0.05) is 12.8 Å². The largest absolute Gasteiger partial charge is 0.287 e. The maximum absolute atomic E-state index is 12.3. The molecule has 0 spiro atoms. The van der Waals surface area contributed by atoms with Crippen molar-refractivity contribution in [2.24, 2.45) is 11.8 Å². The molecule has 0 aliphatic heterocycles. The lowest BCUT2D eigenvalue weighted by molar-refractivity contribution is -0.113. The van der Waals surface area contributed by atoms with Crippen LogP contribution in [0.15, 0.2) is 0 Å². The van der Waals surface area contributed by atoms with Gasteiger partial charge in [0.15, 0.2) is 10.2 Å². The van der Waals surface area contributed by atoms with Gasteiger partial charge in [-0.3, -0.25) is 9.59 Å². The van der Waals surface area contributed by atoms with Crippen LogP contribution in [0.25, 0.3) is 0 Å². The predicted octanol–water partition coefficient (Wildman–Crippen LogP) is 22.4. The van der Waals surface area contributed by atoms with Gasteiger partial charge in [-0.2, -0.15) is 0 Å². The van der Waals surface area contributed by atoms with Gasteiger partial charge < -0.3 is 0 Å². The molecule has 0 saturated heterocycles. The zero-order valence-electron chi connectivity index (χ0n) is 44.1. The lowest BCUT2D eigenvalue weighted by Gasteiger charge is -2.17. The summed E-state index contributed by atoms with van der Waals surface area (Å²) in [6.07, 6.45) is 70.6. The second kappa shape index (κ2) is 54.3. The van der Waals surface area contributed by atoms with E-state index in [1.54, 1.807) is 0 Å². The highest BCUT2D eigenvalue weighted by molar-refractivity contribution is 8.26. The van der Waals surface area contributed by atoms with Crippen molar-refractivity contribution < 1.29 is 9.59 Å². The van der Waals surface area contributed by atoms with Crippen LogP contribution in [0.3, 0.4) is 0 Å². The van der Waals surface area contributed by atoms with E-state index in [0.717, 1.165) is 49.3 Å². The van der Waals surface area contributed by atoms with Crippen LogP contribution in [0.2, 0.25) is 0 Å². The molecule has 0 saturated carbocycles. The summed E-state index contributed by atoms with van der Waals surface area (Å²) in [5.41, 5.74) is 0. The van der Waals surface area contributed by atoms with Gasteiger partial charge in [-0.1, -0.05) is 336 Å². The number of rotatable bonds is 54. The van der Waals surface area contributed by atoms with Crippen LogP contribution < -0.4 is 0 Å². The topological polar surface area (TPSA) is 34.1 Å². The number of thioether (sulfide) groups is 1. The van der Waals surface area contributed by atoms with Crippen molar-refractivity contribution in [3.8, 4) is 0 Å². The Labute approximate surface area is 403 Å². The maximum Gasteiger partial charge on any atom is 0.196 e. The van der Waals surface area contributed by atoms with Crippen molar-refractivity contribution in [3.05, 3.63) is 0 Å². The molecule has 0 bridgehead atoms. The molecular weight excluding hydrogens is 785 g/mol. The van der Waals surface area contributed by atoms with E-state index < -0.39 is 0 Å². The van der Waals surface area contributed by atoms with Crippen LogP contribution >= 0.6 is 11.8 Å². The number of carbonyl (C=O) groups is 2. The molecule has 0 aliphatic rings. The van der Waals surface area contributed by atoms with Gasteiger partial charge in [-0.25, -0.2) is 0 Å². The third kappa shape index (κ3) is 50.9. The van der Waals surface area contributed by atoms with Crippen LogP contribution in [0, 0.1) is 11.8 Å². The standard InChI is InChI=1S/C60H118O2S/c1-5-9-13-41-49-57(50-42-14-10-6-2)53-45-37-33-29-25-21-17-19-23-27-31-35-39-47-55-59(61)63-60(62)56-48-40-36-32-28-24-20-18-22-26-30-34-38-46-54-58(51-43-15-11-7-3)52-44-16-12-8-4/h57-58H,5-56H2,1-4H3. The molecule has 0 atom stereocenters. The molecule has 0 aliphatic carbocycles. The molecule has 376 valence electrons. The zero-order chi connectivity index (χ0) is 45.8. The molecule has 0 radical (unpaired) electrons. The third-order valence-electron chi connectivity index (χ3n) is 14.6. The van der Waals surface area contributed by atoms with E-state index in [-0.39, 0.29) is 10.2 Å². The molecule has 0 N–H and O–H groups in total. The van der Waals surface area contributed by atoms with Crippen molar-refractivity contribution in [1.82, 2.24) is 0 Å². The third-order valence-corrected chi connectivity index (χ3v) is 15.4. The van der Waals surface area contributed by atoms with Gasteiger partial charge in [-0.15, -0.1) is 0 Å². The molecule has 0 aromatic rings. The molecule has 0 heterocycles. The SMILES string of the molecule is CCCCCCC(CCCCCC)CCCCCCCCCCCCCCCCC(=O)SC(=O)CCCCCCCCCCCCCCCCC(CCCCCC)CCCCCC. The Morgan fingerprint density at radius 3 is 0.587 bits per heavy atom. The van der Waals surface area contributed by atoms with Crippen LogP contribution in [-0.4, -0.2) is 10.2 Å². The summed E-state index contributed by atoms with van der Waals surface area (Å²) in [4.78, 5) is 24.7. The summed E-state index contributed by atoms with van der Waals surface area (Å²) in [5.74, 6) is 2.01. The number of hydrogen-bond acceptors (Lipinski definition) is 3. The highest BCUT2D eigenvalue weighted by Crippen LogP contribution is 2.26. The molecular formula is C60H118O2S. The zero-order valence-corrected chi connectivity index (χ0v) is 45.0. The Morgan fingerprint density at radius 2 is 0.397 bits per heavy atom. The molecule has 0 aromatic carbocycles. The number of unbranched alkanes of at least 4 members (excludes halogenated alkanes) is 38. The summed E-state index contributed by atoms with van der Waals surface area (Å²) in [5, 5.41) is 0.204. The minimum Gasteiger partial charge on any atom is -0.287 e. The summed E-state index contributed by atoms with van der Waals surface area (Å²) >= 11 is 1.01. The fourth-order valence-electron chi connectivity index (χ4n) is 10.2. The van der Waals surface area contributed by atoms with Gasteiger partial charge >= 0.3 is 0 Å². The Kier molecular flexibility index (Phi) is 54.0. The minimum absolute atomic E-state index is 0.102. The van der Waals surface area contributed by atoms with Crippen LogP contribution in [0.4, 0.5) is 0 Å². The number of carbonyl (C=O) groups excluding carboxylic acids is 2. The predicted molar refractivity (Wildman–Crippen MR) is 287 cm³/mol. The second-order valence-electron chi connectivity index (χ2n) is 21.0. The van der Waals surface area contributed by atoms with E-state index in [9.17, 15) is 9.59 Å². The van der Waals surface area contributed by atoms with E-state index in [1.165, 1.54) is 295 Å². The first-order valence-electron chi connectivity index (χ1n) is 29.8. The first kappa shape index (κ1) is 62.7. The van der Waals surface area contributed by atoms with Gasteiger partial charge in [-0.05, 0) is 36.4 Å². The highest BCUT2D eigenvalue weighted by atomic mass is 32.2. The van der Waals surface area contributed by atoms with Crippen LogP contribution in [-0.2, 0) is 9.59 Å². The molecule has 0 rings (SSSR count). The van der Waals surface area contributed by atoms with Crippen molar-refractivity contribution >= 4 is 22.0 Å². The molecule has 0 amide bonds. The Hall–Kier alpha value is -0.310. The summed E-state index contributed by atoms with van der Waals surface area (Å²) in [6, 6.07) is 0. The highest BCUT2D eigenvalue weighted by Gasteiger charge is 2.12. The minimum atomic E-state index is 0.102.